The molecule has 38 heavy (non-hydrogen) atoms. The van der Waals surface area contributed by atoms with Gasteiger partial charge in [0.2, 0.25) is 5.91 Å². The standard InChI is InChI=1S/C31H38N4O2S/c1-21(31-17-23-14-24(18-31)16-25(15-23)19-31)32-28(36)20-38-30-34-33-29(26-10-6-7-11-27(26)37-2)35(30)13-12-22-8-4-3-5-9-22/h3-11,21,23-25H,12-20H2,1-2H3,(H,32,36)/t21-,23?,24?,25?,31?/m0/s1. The van der Waals surface area contributed by atoms with E-state index < -0.39 is 0 Å². The maximum Gasteiger partial charge on any atom is 0.230 e. The van der Waals surface area contributed by atoms with Gasteiger partial charge in [0, 0.05) is 12.6 Å². The molecule has 0 unspecified atom stereocenters. The lowest BCUT2D eigenvalue weighted by Crippen LogP contribution is -2.56. The number of aromatic nitrogens is 3. The quantitative estimate of drug-likeness (QED) is 0.325. The van der Waals surface area contributed by atoms with Gasteiger partial charge >= 0.3 is 0 Å². The Morgan fingerprint density at radius 3 is 2.37 bits per heavy atom. The number of hydrogen-bond donors (Lipinski definition) is 1. The van der Waals surface area contributed by atoms with Crippen molar-refractivity contribution in [1.82, 2.24) is 20.1 Å². The molecule has 4 fully saturated rings. The Morgan fingerprint density at radius 2 is 1.68 bits per heavy atom. The molecule has 1 amide bonds. The summed E-state index contributed by atoms with van der Waals surface area (Å²) in [5, 5.41) is 13.2. The summed E-state index contributed by atoms with van der Waals surface area (Å²) in [6.45, 7) is 2.97. The first-order valence-electron chi connectivity index (χ1n) is 14.1. The third kappa shape index (κ3) is 5.09. The molecule has 1 aromatic heterocycles. The predicted octanol–water partition coefficient (Wildman–Crippen LogP) is 6.01. The zero-order chi connectivity index (χ0) is 26.1. The number of amides is 1. The van der Waals surface area contributed by atoms with Crippen LogP contribution in [0.1, 0.15) is 51.0 Å². The molecule has 4 bridgehead atoms. The molecule has 4 aliphatic carbocycles. The van der Waals surface area contributed by atoms with E-state index in [4.69, 9.17) is 4.74 Å². The van der Waals surface area contributed by atoms with Crippen molar-refractivity contribution in [2.45, 2.75) is 69.6 Å². The maximum absolute atomic E-state index is 13.2. The first kappa shape index (κ1) is 25.5. The van der Waals surface area contributed by atoms with Crippen LogP contribution in [0.5, 0.6) is 5.75 Å². The highest BCUT2D eigenvalue weighted by molar-refractivity contribution is 7.99. The molecule has 200 valence electrons. The van der Waals surface area contributed by atoms with Crippen LogP contribution in [0.3, 0.4) is 0 Å². The molecule has 1 heterocycles. The normalized spacial score (nSPS) is 26.3. The molecule has 4 aliphatic rings. The lowest BCUT2D eigenvalue weighted by Gasteiger charge is -2.59. The van der Waals surface area contributed by atoms with Gasteiger partial charge < -0.3 is 14.6 Å². The minimum Gasteiger partial charge on any atom is -0.496 e. The number of nitrogens with one attached hydrogen (secondary N) is 1. The van der Waals surface area contributed by atoms with Crippen molar-refractivity contribution in [3.8, 4) is 17.1 Å². The van der Waals surface area contributed by atoms with Gasteiger partial charge in [-0.1, -0.05) is 54.2 Å². The van der Waals surface area contributed by atoms with Crippen molar-refractivity contribution in [3.05, 3.63) is 60.2 Å². The number of rotatable bonds is 10. The van der Waals surface area contributed by atoms with E-state index in [2.05, 4.69) is 51.3 Å². The lowest BCUT2D eigenvalue weighted by molar-refractivity contribution is -0.123. The van der Waals surface area contributed by atoms with E-state index in [1.807, 2.05) is 30.3 Å². The van der Waals surface area contributed by atoms with Crippen molar-refractivity contribution >= 4 is 17.7 Å². The van der Waals surface area contributed by atoms with Gasteiger partial charge in [-0.3, -0.25) is 4.79 Å². The van der Waals surface area contributed by atoms with Crippen LogP contribution in [0.2, 0.25) is 0 Å². The Balaban J connectivity index is 1.16. The van der Waals surface area contributed by atoms with Crippen molar-refractivity contribution in [1.29, 1.82) is 0 Å². The molecule has 6 nitrogen and oxygen atoms in total. The molecular formula is C31H38N4O2S. The third-order valence-corrected chi connectivity index (χ3v) is 10.2. The predicted molar refractivity (Wildman–Crippen MR) is 151 cm³/mol. The highest BCUT2D eigenvalue weighted by Gasteiger charge is 2.53. The van der Waals surface area contributed by atoms with Crippen LogP contribution in [-0.2, 0) is 17.8 Å². The molecule has 4 saturated carbocycles. The highest BCUT2D eigenvalue weighted by Crippen LogP contribution is 2.61. The van der Waals surface area contributed by atoms with E-state index in [0.29, 0.717) is 11.2 Å². The smallest absolute Gasteiger partial charge is 0.230 e. The molecule has 2 aromatic carbocycles. The van der Waals surface area contributed by atoms with Gasteiger partial charge in [-0.15, -0.1) is 10.2 Å². The average molecular weight is 531 g/mol. The summed E-state index contributed by atoms with van der Waals surface area (Å²) < 4.78 is 7.75. The molecule has 0 radical (unpaired) electrons. The molecule has 0 spiro atoms. The fourth-order valence-corrected chi connectivity index (χ4v) is 8.56. The van der Waals surface area contributed by atoms with Gasteiger partial charge in [0.05, 0.1) is 18.4 Å². The number of carbonyl (C=O) groups excluding carboxylic acids is 1. The topological polar surface area (TPSA) is 69.0 Å². The molecule has 1 atom stereocenters. The zero-order valence-electron chi connectivity index (χ0n) is 22.4. The van der Waals surface area contributed by atoms with Crippen LogP contribution in [0.4, 0.5) is 0 Å². The number of benzene rings is 2. The Kier molecular flexibility index (Phi) is 7.21. The van der Waals surface area contributed by atoms with Crippen LogP contribution >= 0.6 is 11.8 Å². The Morgan fingerprint density at radius 1 is 1.03 bits per heavy atom. The molecule has 0 aliphatic heterocycles. The van der Waals surface area contributed by atoms with Crippen LogP contribution < -0.4 is 10.1 Å². The fraction of sp³-hybridized carbons (Fsp3) is 0.516. The molecule has 7 rings (SSSR count). The third-order valence-electron chi connectivity index (χ3n) is 9.25. The summed E-state index contributed by atoms with van der Waals surface area (Å²) in [4.78, 5) is 13.2. The molecule has 7 heteroatoms. The van der Waals surface area contributed by atoms with Crippen LogP contribution in [-0.4, -0.2) is 39.6 Å². The summed E-state index contributed by atoms with van der Waals surface area (Å²) in [6.07, 6.45) is 9.00. The highest BCUT2D eigenvalue weighted by atomic mass is 32.2. The van der Waals surface area contributed by atoms with Gasteiger partial charge in [0.25, 0.3) is 0 Å². The summed E-state index contributed by atoms with van der Waals surface area (Å²) in [5.41, 5.74) is 2.47. The number of hydrogen-bond acceptors (Lipinski definition) is 5. The fourth-order valence-electron chi connectivity index (χ4n) is 7.79. The van der Waals surface area contributed by atoms with Gasteiger partial charge in [0.15, 0.2) is 11.0 Å². The number of ether oxygens (including phenoxy) is 1. The number of aryl methyl sites for hydroxylation is 1. The Bertz CT molecular complexity index is 1240. The SMILES string of the molecule is COc1ccccc1-c1nnc(SCC(=O)N[C@@H](C)C23CC4CC(CC(C4)C2)C3)n1CCc1ccccc1. The van der Waals surface area contributed by atoms with E-state index in [1.165, 1.54) is 55.9 Å². The van der Waals surface area contributed by atoms with E-state index in [0.717, 1.165) is 53.0 Å². The first-order valence-corrected chi connectivity index (χ1v) is 15.0. The number of nitrogens with zero attached hydrogens (tertiary/aromatic N) is 3. The number of carbonyl (C=O) groups is 1. The zero-order valence-corrected chi connectivity index (χ0v) is 23.3. The van der Waals surface area contributed by atoms with Crippen molar-refractivity contribution < 1.29 is 9.53 Å². The average Bonchev–Trinajstić information content (AvgIpc) is 3.33. The van der Waals surface area contributed by atoms with Crippen LogP contribution in [0.25, 0.3) is 11.4 Å². The molecule has 0 saturated heterocycles. The van der Waals surface area contributed by atoms with Crippen LogP contribution in [0.15, 0.2) is 59.8 Å². The summed E-state index contributed by atoms with van der Waals surface area (Å²) in [6, 6.07) is 18.6. The monoisotopic (exact) mass is 530 g/mol. The minimum absolute atomic E-state index is 0.0923. The van der Waals surface area contributed by atoms with Gasteiger partial charge in [0.1, 0.15) is 5.75 Å². The number of para-hydroxylation sites is 1. The Labute approximate surface area is 230 Å². The van der Waals surface area contributed by atoms with Gasteiger partial charge in [-0.2, -0.15) is 0 Å². The summed E-state index contributed by atoms with van der Waals surface area (Å²) in [5.74, 6) is 4.61. The second kappa shape index (κ2) is 10.8. The van der Waals surface area contributed by atoms with Gasteiger partial charge in [-0.05, 0) is 92.7 Å². The number of methoxy groups -OCH3 is 1. The second-order valence-electron chi connectivity index (χ2n) is 11.8. The van der Waals surface area contributed by atoms with E-state index in [9.17, 15) is 4.79 Å². The molecule has 1 N–H and O–H groups in total. The summed E-state index contributed by atoms with van der Waals surface area (Å²) in [7, 11) is 1.68. The molecular weight excluding hydrogens is 492 g/mol. The van der Waals surface area contributed by atoms with Gasteiger partial charge in [-0.25, -0.2) is 0 Å². The van der Waals surface area contributed by atoms with E-state index in [-0.39, 0.29) is 11.9 Å². The van der Waals surface area contributed by atoms with Crippen molar-refractivity contribution in [2.24, 2.45) is 23.2 Å². The number of thioether (sulfide) groups is 1. The van der Waals surface area contributed by atoms with E-state index in [1.54, 1.807) is 7.11 Å². The molecule has 3 aromatic rings. The maximum atomic E-state index is 13.2. The second-order valence-corrected chi connectivity index (χ2v) is 12.7. The van der Waals surface area contributed by atoms with Crippen LogP contribution in [0, 0.1) is 23.2 Å². The minimum atomic E-state index is 0.0923. The largest absolute Gasteiger partial charge is 0.496 e. The van der Waals surface area contributed by atoms with E-state index >= 15 is 0 Å². The first-order chi connectivity index (χ1) is 18.5. The lowest BCUT2D eigenvalue weighted by atomic mass is 9.48. The van der Waals surface area contributed by atoms with Crippen molar-refractivity contribution in [3.63, 3.8) is 0 Å². The Hall–Kier alpha value is -2.80. The van der Waals surface area contributed by atoms with Crippen molar-refractivity contribution in [2.75, 3.05) is 12.9 Å². The summed E-state index contributed by atoms with van der Waals surface area (Å²) >= 11 is 1.47.